The van der Waals surface area contributed by atoms with Crippen molar-refractivity contribution in [1.82, 2.24) is 10.6 Å². The number of carbonyl (C=O) groups is 3. The van der Waals surface area contributed by atoms with Crippen LogP contribution in [0.1, 0.15) is 37.8 Å². The van der Waals surface area contributed by atoms with E-state index < -0.39 is 17.2 Å². The Morgan fingerprint density at radius 2 is 1.82 bits per heavy atom. The van der Waals surface area contributed by atoms with Crippen LogP contribution >= 0.6 is 11.8 Å². The molecule has 1 aliphatic heterocycles. The monoisotopic (exact) mass is 480 g/mol. The normalized spacial score (nSPS) is 15.4. The third kappa shape index (κ3) is 5.85. The number of nitrogens with zero attached hydrogens (tertiary/aromatic N) is 2. The summed E-state index contributed by atoms with van der Waals surface area (Å²) in [6.07, 6.45) is 1.72. The van der Waals surface area contributed by atoms with Gasteiger partial charge in [0.1, 0.15) is 11.4 Å². The van der Waals surface area contributed by atoms with E-state index in [2.05, 4.69) is 29.5 Å². The van der Waals surface area contributed by atoms with Crippen LogP contribution in [0.2, 0.25) is 0 Å². The van der Waals surface area contributed by atoms with Crippen LogP contribution in [0.4, 0.5) is 10.5 Å². The Hall–Kier alpha value is -3.59. The highest BCUT2D eigenvalue weighted by Crippen LogP contribution is 2.33. The molecule has 2 N–H and O–H groups in total. The fraction of sp³-hybridized carbons (Fsp3) is 0.280. The summed E-state index contributed by atoms with van der Waals surface area (Å²) in [4.78, 5) is 43.3. The number of anilines is 1. The Labute approximate surface area is 203 Å². The third-order valence-electron chi connectivity index (χ3n) is 5.16. The second kappa shape index (κ2) is 11.0. The zero-order valence-electron chi connectivity index (χ0n) is 19.8. The van der Waals surface area contributed by atoms with Gasteiger partial charge in [-0.15, -0.1) is 0 Å². The molecule has 2 aromatic rings. The number of ether oxygens (including phenoxy) is 1. The van der Waals surface area contributed by atoms with Crippen LogP contribution in [0.15, 0.2) is 59.2 Å². The molecule has 0 radical (unpaired) electrons. The van der Waals surface area contributed by atoms with Gasteiger partial charge < -0.3 is 10.1 Å². The number of imide groups is 1. The van der Waals surface area contributed by atoms with E-state index in [0.29, 0.717) is 22.5 Å². The number of methoxy groups -OCH3 is 1. The Morgan fingerprint density at radius 3 is 2.44 bits per heavy atom. The van der Waals surface area contributed by atoms with Crippen molar-refractivity contribution >= 4 is 46.5 Å². The zero-order chi connectivity index (χ0) is 24.8. The number of aliphatic imine (C=N–C) groups is 1. The van der Waals surface area contributed by atoms with Gasteiger partial charge in [0.15, 0.2) is 5.17 Å². The zero-order valence-corrected chi connectivity index (χ0v) is 20.6. The largest absolute Gasteiger partial charge is 0.497 e. The smallest absolute Gasteiger partial charge is 0.321 e. The summed E-state index contributed by atoms with van der Waals surface area (Å²) in [6, 6.07) is 14.4. The van der Waals surface area contributed by atoms with Crippen molar-refractivity contribution in [2.75, 3.05) is 19.1 Å². The van der Waals surface area contributed by atoms with Gasteiger partial charge in [-0.05, 0) is 42.2 Å². The lowest BCUT2D eigenvalue weighted by molar-refractivity contribution is -0.119. The van der Waals surface area contributed by atoms with Crippen LogP contribution in [-0.4, -0.2) is 42.4 Å². The van der Waals surface area contributed by atoms with Crippen LogP contribution in [0.3, 0.4) is 0 Å². The molecule has 3 rings (SSSR count). The lowest BCUT2D eigenvalue weighted by Crippen LogP contribution is -2.42. The van der Waals surface area contributed by atoms with Gasteiger partial charge in [0.25, 0.3) is 5.91 Å². The molecule has 0 bridgehead atoms. The van der Waals surface area contributed by atoms with Crippen LogP contribution in [0, 0.1) is 0 Å². The third-order valence-corrected chi connectivity index (χ3v) is 6.22. The van der Waals surface area contributed by atoms with Gasteiger partial charge >= 0.3 is 6.03 Å². The summed E-state index contributed by atoms with van der Waals surface area (Å²) < 4.78 is 5.31. The predicted octanol–water partition coefficient (Wildman–Crippen LogP) is 4.14. The molecule has 0 saturated carbocycles. The van der Waals surface area contributed by atoms with Gasteiger partial charge in [-0.1, -0.05) is 55.9 Å². The van der Waals surface area contributed by atoms with E-state index in [1.807, 2.05) is 24.3 Å². The average Bonchev–Trinajstić information content (AvgIpc) is 3.13. The van der Waals surface area contributed by atoms with Crippen molar-refractivity contribution in [3.63, 3.8) is 0 Å². The molecule has 1 aliphatic rings. The number of hydrogen-bond donors (Lipinski definition) is 2. The summed E-state index contributed by atoms with van der Waals surface area (Å²) in [7, 11) is 2.97. The Morgan fingerprint density at radius 1 is 1.12 bits per heavy atom. The maximum absolute atomic E-state index is 13.4. The molecule has 1 atom stereocenters. The van der Waals surface area contributed by atoms with Crippen molar-refractivity contribution in [2.24, 2.45) is 4.99 Å². The SMILES string of the molecule is CNC(=O)NC(=O)C(C)SC1=N/C(=C/c2ccc(C(C)C)cc2)C(=O)N1c1cccc(OC)c1. The number of carbonyl (C=O) groups excluding carboxylic acids is 3. The summed E-state index contributed by atoms with van der Waals surface area (Å²) in [5.41, 5.74) is 2.86. The molecular formula is C25H28N4O4S. The van der Waals surface area contributed by atoms with Crippen molar-refractivity contribution < 1.29 is 19.1 Å². The predicted molar refractivity (Wildman–Crippen MR) is 136 cm³/mol. The van der Waals surface area contributed by atoms with Gasteiger partial charge in [0.2, 0.25) is 5.91 Å². The van der Waals surface area contributed by atoms with Gasteiger partial charge in [0.05, 0.1) is 18.0 Å². The van der Waals surface area contributed by atoms with E-state index >= 15 is 0 Å². The summed E-state index contributed by atoms with van der Waals surface area (Å²) in [5, 5.41) is 4.25. The molecule has 1 heterocycles. The van der Waals surface area contributed by atoms with Crippen molar-refractivity contribution in [3.8, 4) is 5.75 Å². The molecular weight excluding hydrogens is 452 g/mol. The van der Waals surface area contributed by atoms with Crippen LogP contribution in [-0.2, 0) is 9.59 Å². The maximum atomic E-state index is 13.4. The molecule has 0 aromatic heterocycles. The highest BCUT2D eigenvalue weighted by Gasteiger charge is 2.34. The lowest BCUT2D eigenvalue weighted by Gasteiger charge is -2.20. The minimum Gasteiger partial charge on any atom is -0.497 e. The molecule has 0 saturated heterocycles. The highest BCUT2D eigenvalue weighted by atomic mass is 32.2. The minimum absolute atomic E-state index is 0.251. The fourth-order valence-corrected chi connectivity index (χ4v) is 4.10. The van der Waals surface area contributed by atoms with Crippen LogP contribution < -0.4 is 20.3 Å². The number of nitrogens with one attached hydrogen (secondary N) is 2. The molecule has 8 nitrogen and oxygen atoms in total. The highest BCUT2D eigenvalue weighted by molar-refractivity contribution is 8.15. The summed E-state index contributed by atoms with van der Waals surface area (Å²) >= 11 is 1.09. The topological polar surface area (TPSA) is 100 Å². The first-order valence-corrected chi connectivity index (χ1v) is 11.7. The number of amides is 4. The van der Waals surface area contributed by atoms with E-state index in [-0.39, 0.29) is 11.6 Å². The van der Waals surface area contributed by atoms with Crippen molar-refractivity contribution in [2.45, 2.75) is 31.9 Å². The molecule has 0 spiro atoms. The number of urea groups is 1. The summed E-state index contributed by atoms with van der Waals surface area (Å²) in [6.45, 7) is 5.89. The molecule has 0 fully saturated rings. The molecule has 178 valence electrons. The Balaban J connectivity index is 1.95. The second-order valence-corrected chi connectivity index (χ2v) is 9.22. The molecule has 2 aromatic carbocycles. The standard InChI is InChI=1S/C25H28N4O4S/c1-15(2)18-11-9-17(10-12-18)13-21-23(31)29(19-7-6-8-20(14-19)33-5)25(27-21)34-16(3)22(30)28-24(32)26-4/h6-16H,1-5H3,(H2,26,28,30,32)/b21-13+. The quantitative estimate of drug-likeness (QED) is 0.606. The van der Waals surface area contributed by atoms with Gasteiger partial charge in [-0.25, -0.2) is 9.79 Å². The van der Waals surface area contributed by atoms with Crippen molar-refractivity contribution in [1.29, 1.82) is 0 Å². The van der Waals surface area contributed by atoms with Gasteiger partial charge in [-0.2, -0.15) is 0 Å². The fourth-order valence-electron chi connectivity index (χ4n) is 3.18. The van der Waals surface area contributed by atoms with Crippen molar-refractivity contribution in [3.05, 3.63) is 65.4 Å². The molecule has 34 heavy (non-hydrogen) atoms. The first kappa shape index (κ1) is 25.0. The lowest BCUT2D eigenvalue weighted by atomic mass is 10.0. The number of benzene rings is 2. The molecule has 0 aliphatic carbocycles. The van der Waals surface area contributed by atoms with Crippen LogP contribution in [0.25, 0.3) is 6.08 Å². The molecule has 1 unspecified atom stereocenters. The Kier molecular flexibility index (Phi) is 8.12. The number of thioether (sulfide) groups is 1. The number of hydrogen-bond acceptors (Lipinski definition) is 6. The number of amidine groups is 1. The number of rotatable bonds is 6. The van der Waals surface area contributed by atoms with E-state index in [4.69, 9.17) is 4.74 Å². The minimum atomic E-state index is -0.679. The van der Waals surface area contributed by atoms with Gasteiger partial charge in [-0.3, -0.25) is 19.8 Å². The van der Waals surface area contributed by atoms with E-state index in [0.717, 1.165) is 17.3 Å². The van der Waals surface area contributed by atoms with Crippen LogP contribution in [0.5, 0.6) is 5.75 Å². The first-order chi connectivity index (χ1) is 16.2. The van der Waals surface area contributed by atoms with E-state index in [1.54, 1.807) is 44.4 Å². The maximum Gasteiger partial charge on any atom is 0.321 e. The summed E-state index contributed by atoms with van der Waals surface area (Å²) in [5.74, 6) is 0.179. The molecule has 4 amide bonds. The Bertz CT molecular complexity index is 1140. The average molecular weight is 481 g/mol. The second-order valence-electron chi connectivity index (χ2n) is 7.92. The first-order valence-electron chi connectivity index (χ1n) is 10.8. The van der Waals surface area contributed by atoms with E-state index in [1.165, 1.54) is 17.5 Å². The van der Waals surface area contributed by atoms with Gasteiger partial charge in [0, 0.05) is 13.1 Å². The molecule has 9 heteroatoms. The van der Waals surface area contributed by atoms with E-state index in [9.17, 15) is 14.4 Å².